The summed E-state index contributed by atoms with van der Waals surface area (Å²) < 4.78 is 32.6. The molecule has 0 aliphatic heterocycles. The van der Waals surface area contributed by atoms with Crippen LogP contribution in [0.15, 0.2) is 36.5 Å². The Morgan fingerprint density at radius 1 is 0.566 bits per heavy atom. The Bertz CT molecular complexity index is 983. The van der Waals surface area contributed by atoms with Gasteiger partial charge in [-0.3, -0.25) is 18.6 Å². The van der Waals surface area contributed by atoms with Gasteiger partial charge in [0.15, 0.2) is 6.10 Å². The minimum Gasteiger partial charge on any atom is -0.462 e. The minimum atomic E-state index is -4.62. The first-order valence-electron chi connectivity index (χ1n) is 20.9. The number of unbranched alkanes of at least 4 members (excludes halogenated alkanes) is 19. The van der Waals surface area contributed by atoms with E-state index in [4.69, 9.17) is 19.1 Å². The van der Waals surface area contributed by atoms with Crippen LogP contribution < -0.4 is 0 Å². The van der Waals surface area contributed by atoms with Gasteiger partial charge in [0, 0.05) is 12.8 Å². The van der Waals surface area contributed by atoms with Crippen LogP contribution >= 0.6 is 7.82 Å². The van der Waals surface area contributed by atoms with E-state index in [1.807, 2.05) is 0 Å². The van der Waals surface area contributed by atoms with Crippen molar-refractivity contribution in [3.05, 3.63) is 36.5 Å². The lowest BCUT2D eigenvalue weighted by atomic mass is 10.1. The van der Waals surface area contributed by atoms with Gasteiger partial charge in [-0.25, -0.2) is 4.57 Å². The molecule has 0 saturated carbocycles. The molecule has 0 heterocycles. The molecular weight excluding hydrogens is 695 g/mol. The third-order valence-electron chi connectivity index (χ3n) is 8.77. The molecule has 0 rings (SSSR count). The van der Waals surface area contributed by atoms with Crippen LogP contribution in [0.25, 0.3) is 0 Å². The number of esters is 2. The Morgan fingerprint density at radius 3 is 1.55 bits per heavy atom. The molecule has 3 atom stereocenters. The van der Waals surface area contributed by atoms with Crippen molar-refractivity contribution < 1.29 is 47.8 Å². The van der Waals surface area contributed by atoms with Crippen molar-refractivity contribution in [3.63, 3.8) is 0 Å². The maximum absolute atomic E-state index is 12.6. The fourth-order valence-electron chi connectivity index (χ4n) is 5.50. The largest absolute Gasteiger partial charge is 0.472 e. The highest BCUT2D eigenvalue weighted by atomic mass is 31.2. The lowest BCUT2D eigenvalue weighted by Gasteiger charge is -2.20. The van der Waals surface area contributed by atoms with Crippen LogP contribution in [0.1, 0.15) is 181 Å². The molecular formula is C42H77O10P. The average Bonchev–Trinajstić information content (AvgIpc) is 3.14. The van der Waals surface area contributed by atoms with Gasteiger partial charge >= 0.3 is 19.8 Å². The number of hydrogen-bond donors (Lipinski definition) is 3. The predicted molar refractivity (Wildman–Crippen MR) is 214 cm³/mol. The number of phosphoric acid groups is 1. The van der Waals surface area contributed by atoms with E-state index in [2.05, 4.69) is 54.8 Å². The number of allylic oxidation sites excluding steroid dienone is 6. The van der Waals surface area contributed by atoms with Crippen LogP contribution in [0.5, 0.6) is 0 Å². The van der Waals surface area contributed by atoms with Gasteiger partial charge in [0.25, 0.3) is 0 Å². The van der Waals surface area contributed by atoms with E-state index in [1.54, 1.807) is 0 Å². The van der Waals surface area contributed by atoms with Crippen LogP contribution in [-0.4, -0.2) is 65.7 Å². The molecule has 0 aromatic heterocycles. The number of phosphoric ester groups is 1. The molecule has 0 aromatic rings. The van der Waals surface area contributed by atoms with Gasteiger partial charge in [-0.1, -0.05) is 140 Å². The van der Waals surface area contributed by atoms with E-state index in [-0.39, 0.29) is 19.4 Å². The summed E-state index contributed by atoms with van der Waals surface area (Å²) in [5, 5.41) is 18.3. The molecule has 0 aliphatic rings. The first-order valence-corrected chi connectivity index (χ1v) is 22.4. The number of carbonyl (C=O) groups excluding carboxylic acids is 2. The summed E-state index contributed by atoms with van der Waals surface area (Å²) in [7, 11) is -4.62. The second-order valence-electron chi connectivity index (χ2n) is 14.0. The smallest absolute Gasteiger partial charge is 0.462 e. The maximum Gasteiger partial charge on any atom is 0.472 e. The van der Waals surface area contributed by atoms with E-state index in [0.717, 1.165) is 57.8 Å². The lowest BCUT2D eigenvalue weighted by Crippen LogP contribution is -2.29. The van der Waals surface area contributed by atoms with Gasteiger partial charge in [-0.15, -0.1) is 0 Å². The first-order chi connectivity index (χ1) is 25.7. The molecule has 0 radical (unpaired) electrons. The third kappa shape index (κ3) is 38.3. The summed E-state index contributed by atoms with van der Waals surface area (Å²) in [6.07, 6.45) is 38.4. The molecule has 0 bridgehead atoms. The van der Waals surface area contributed by atoms with E-state index in [9.17, 15) is 24.2 Å². The van der Waals surface area contributed by atoms with Crippen molar-refractivity contribution in [3.8, 4) is 0 Å². The highest BCUT2D eigenvalue weighted by Crippen LogP contribution is 2.43. The monoisotopic (exact) mass is 773 g/mol. The van der Waals surface area contributed by atoms with Crippen LogP contribution in [-0.2, 0) is 32.7 Å². The number of hydrogen-bond acceptors (Lipinski definition) is 9. The fraction of sp³-hybridized carbons (Fsp3) is 0.810. The van der Waals surface area contributed by atoms with Crippen molar-refractivity contribution in [1.29, 1.82) is 0 Å². The normalized spacial score (nSPS) is 14.3. The van der Waals surface area contributed by atoms with Crippen molar-refractivity contribution >= 4 is 19.8 Å². The zero-order valence-corrected chi connectivity index (χ0v) is 34.4. The van der Waals surface area contributed by atoms with Crippen LogP contribution in [0.3, 0.4) is 0 Å². The fourth-order valence-corrected chi connectivity index (χ4v) is 6.29. The molecule has 0 amide bonds. The zero-order valence-electron chi connectivity index (χ0n) is 33.5. The topological polar surface area (TPSA) is 149 Å². The van der Waals surface area contributed by atoms with Crippen molar-refractivity contribution in [2.45, 2.75) is 193 Å². The SMILES string of the molecule is CCCCCC/C=C/CCCCCCCC(=O)O[C@H](COC(=O)CCC/C=C/C/C=C/CCCCCCCCCCC)COP(=O)(O)OC[C@@H](O)CO. The van der Waals surface area contributed by atoms with Crippen LogP contribution in [0.4, 0.5) is 0 Å². The van der Waals surface area contributed by atoms with Gasteiger partial charge in [0.2, 0.25) is 0 Å². The van der Waals surface area contributed by atoms with Crippen LogP contribution in [0, 0.1) is 0 Å². The van der Waals surface area contributed by atoms with E-state index < -0.39 is 51.8 Å². The quantitative estimate of drug-likeness (QED) is 0.0238. The molecule has 10 nitrogen and oxygen atoms in total. The second kappa shape index (κ2) is 38.5. The summed E-state index contributed by atoms with van der Waals surface area (Å²) in [5.74, 6) is -0.987. The van der Waals surface area contributed by atoms with E-state index >= 15 is 0 Å². The molecule has 310 valence electrons. The molecule has 0 fully saturated rings. The van der Waals surface area contributed by atoms with Gasteiger partial charge in [-0.05, 0) is 64.2 Å². The maximum atomic E-state index is 12.6. The van der Waals surface area contributed by atoms with E-state index in [1.165, 1.54) is 83.5 Å². The van der Waals surface area contributed by atoms with Crippen molar-refractivity contribution in [1.82, 2.24) is 0 Å². The van der Waals surface area contributed by atoms with E-state index in [0.29, 0.717) is 12.8 Å². The molecule has 0 aliphatic carbocycles. The highest BCUT2D eigenvalue weighted by Gasteiger charge is 2.27. The first kappa shape index (κ1) is 51.2. The Balaban J connectivity index is 4.38. The van der Waals surface area contributed by atoms with Crippen molar-refractivity contribution in [2.75, 3.05) is 26.4 Å². The highest BCUT2D eigenvalue weighted by molar-refractivity contribution is 7.47. The summed E-state index contributed by atoms with van der Waals surface area (Å²) >= 11 is 0. The summed E-state index contributed by atoms with van der Waals surface area (Å²) in [4.78, 5) is 34.9. The number of ether oxygens (including phenoxy) is 2. The molecule has 0 saturated heterocycles. The average molecular weight is 773 g/mol. The number of rotatable bonds is 39. The molecule has 53 heavy (non-hydrogen) atoms. The Labute approximate surface area is 322 Å². The summed E-state index contributed by atoms with van der Waals surface area (Å²) in [5.41, 5.74) is 0. The van der Waals surface area contributed by atoms with Gasteiger partial charge < -0.3 is 24.6 Å². The summed E-state index contributed by atoms with van der Waals surface area (Å²) in [6.45, 7) is 2.30. The molecule has 0 spiro atoms. The third-order valence-corrected chi connectivity index (χ3v) is 9.72. The Kier molecular flexibility index (Phi) is 37.2. The molecule has 11 heteroatoms. The van der Waals surface area contributed by atoms with Gasteiger partial charge in [-0.2, -0.15) is 0 Å². The zero-order chi connectivity index (χ0) is 39.1. The van der Waals surface area contributed by atoms with Gasteiger partial charge in [0.05, 0.1) is 19.8 Å². The number of aliphatic hydroxyl groups is 2. The number of aliphatic hydroxyl groups excluding tert-OH is 2. The minimum absolute atomic E-state index is 0.166. The van der Waals surface area contributed by atoms with Gasteiger partial charge in [0.1, 0.15) is 12.7 Å². The molecule has 1 unspecified atom stereocenters. The predicted octanol–water partition coefficient (Wildman–Crippen LogP) is 10.8. The standard InChI is InChI=1S/C42H77O10P/c1-3-5-7-9-11-13-15-17-18-19-20-22-23-25-27-29-31-33-41(45)49-37-40(38-51-53(47,48)50-36-39(44)35-43)52-42(46)34-32-30-28-26-24-21-16-14-12-10-8-6-4-2/h14,16,20,22,25,27,39-40,43-44H,3-13,15,17-19,21,23-24,26,28-38H2,1-2H3,(H,47,48)/b16-14+,22-20+,27-25+/t39-,40+/m0/s1. The lowest BCUT2D eigenvalue weighted by molar-refractivity contribution is -0.161. The Morgan fingerprint density at radius 2 is 1.00 bits per heavy atom. The molecule has 0 aromatic carbocycles. The molecule has 3 N–H and O–H groups in total. The Hall–Kier alpha value is -1.81. The number of carbonyl (C=O) groups is 2. The van der Waals surface area contributed by atoms with Crippen LogP contribution in [0.2, 0.25) is 0 Å². The second-order valence-corrected chi connectivity index (χ2v) is 15.5. The summed E-state index contributed by atoms with van der Waals surface area (Å²) in [6, 6.07) is 0. The van der Waals surface area contributed by atoms with Crippen molar-refractivity contribution in [2.24, 2.45) is 0 Å².